The maximum absolute atomic E-state index is 12.9. The van der Waals surface area contributed by atoms with E-state index in [0.29, 0.717) is 17.4 Å². The second-order valence-electron chi connectivity index (χ2n) is 24.2. The van der Waals surface area contributed by atoms with Crippen LogP contribution in [0.15, 0.2) is 97.2 Å². The quantitative estimate of drug-likeness (QED) is 0.0195. The normalized spacial score (nSPS) is 13.8. The number of carbonyl (C=O) groups is 2. The van der Waals surface area contributed by atoms with Gasteiger partial charge in [0, 0.05) is 12.8 Å². The maximum Gasteiger partial charge on any atom is 0.306 e. The van der Waals surface area contributed by atoms with Crippen LogP contribution in [0, 0.1) is 0 Å². The van der Waals surface area contributed by atoms with Gasteiger partial charge in [-0.2, -0.15) is 0 Å². The van der Waals surface area contributed by atoms with E-state index in [2.05, 4.69) is 111 Å². The van der Waals surface area contributed by atoms with Gasteiger partial charge in [-0.05, 0) is 77.0 Å². The van der Waals surface area contributed by atoms with Crippen molar-refractivity contribution in [3.63, 3.8) is 0 Å². The van der Waals surface area contributed by atoms with Crippen molar-refractivity contribution >= 4 is 19.8 Å². The predicted octanol–water partition coefficient (Wildman–Crippen LogP) is 21.7. The lowest BCUT2D eigenvalue weighted by Crippen LogP contribution is -2.37. The molecule has 0 saturated heterocycles. The number of rotatable bonds is 63. The fourth-order valence-corrected chi connectivity index (χ4v) is 10.3. The van der Waals surface area contributed by atoms with Crippen molar-refractivity contribution in [3.8, 4) is 0 Å². The first-order valence-electron chi connectivity index (χ1n) is 34.4. The molecule has 0 heterocycles. The number of quaternary nitrogens is 1. The molecule has 10 heteroatoms. The van der Waals surface area contributed by atoms with Gasteiger partial charge in [0.05, 0.1) is 27.7 Å². The zero-order chi connectivity index (χ0) is 60.5. The van der Waals surface area contributed by atoms with Crippen molar-refractivity contribution in [1.82, 2.24) is 0 Å². The molecule has 0 aromatic rings. The molecule has 0 aromatic heterocycles. The van der Waals surface area contributed by atoms with Crippen molar-refractivity contribution in [2.75, 3.05) is 47.5 Å². The molecule has 83 heavy (non-hydrogen) atoms. The number of hydrogen-bond acceptors (Lipinski definition) is 8. The lowest BCUT2D eigenvalue weighted by Gasteiger charge is -2.28. The van der Waals surface area contributed by atoms with Crippen molar-refractivity contribution in [2.45, 2.75) is 309 Å². The lowest BCUT2D eigenvalue weighted by atomic mass is 10.0. The molecule has 0 rings (SSSR count). The van der Waals surface area contributed by atoms with Gasteiger partial charge >= 0.3 is 11.9 Å². The highest BCUT2D eigenvalue weighted by atomic mass is 31.2. The lowest BCUT2D eigenvalue weighted by molar-refractivity contribution is -0.870. The van der Waals surface area contributed by atoms with Crippen LogP contribution < -0.4 is 4.89 Å². The number of esters is 2. The average molecular weight is 1180 g/mol. The highest BCUT2D eigenvalue weighted by Gasteiger charge is 2.22. The van der Waals surface area contributed by atoms with E-state index < -0.39 is 26.5 Å². The van der Waals surface area contributed by atoms with Gasteiger partial charge in [0.15, 0.2) is 6.10 Å². The molecule has 2 atom stereocenters. The molecular weight excluding hydrogens is 1050 g/mol. The summed E-state index contributed by atoms with van der Waals surface area (Å²) in [5.41, 5.74) is 0. The summed E-state index contributed by atoms with van der Waals surface area (Å²) in [5, 5.41) is 0. The molecule has 0 bridgehead atoms. The van der Waals surface area contributed by atoms with Crippen molar-refractivity contribution in [2.24, 2.45) is 0 Å². The SMILES string of the molecule is CC/C=C\C/C=C\C/C=C\C/C=C\C/C=C\C/C=C\C/C=C\C/C=C\CCCCCCCCCCCCC(=O)OC(COC(=O)CCCCCCCCCCCCCCCCCCCCCCCCCC)COP(=O)([O-])OCC[N+](C)(C)C. The summed E-state index contributed by atoms with van der Waals surface area (Å²) >= 11 is 0. The summed E-state index contributed by atoms with van der Waals surface area (Å²) in [4.78, 5) is 38.0. The summed E-state index contributed by atoms with van der Waals surface area (Å²) in [6.45, 7) is 4.16. The van der Waals surface area contributed by atoms with Gasteiger partial charge in [0.2, 0.25) is 0 Å². The summed E-state index contributed by atoms with van der Waals surface area (Å²) < 4.78 is 34.3. The fourth-order valence-electron chi connectivity index (χ4n) is 9.62. The Morgan fingerprint density at radius 1 is 0.386 bits per heavy atom. The molecule has 2 unspecified atom stereocenters. The second kappa shape index (κ2) is 63.4. The Hall–Kier alpha value is -3.07. The third-order valence-corrected chi connectivity index (χ3v) is 15.8. The summed E-state index contributed by atoms with van der Waals surface area (Å²) in [6.07, 6.45) is 87.6. The van der Waals surface area contributed by atoms with Crippen molar-refractivity contribution in [3.05, 3.63) is 97.2 Å². The Morgan fingerprint density at radius 3 is 1.02 bits per heavy atom. The van der Waals surface area contributed by atoms with Gasteiger partial charge in [0.1, 0.15) is 19.8 Å². The van der Waals surface area contributed by atoms with Crippen LogP contribution in [0.2, 0.25) is 0 Å². The summed E-state index contributed by atoms with van der Waals surface area (Å²) in [7, 11) is 1.16. The second-order valence-corrected chi connectivity index (χ2v) is 25.6. The largest absolute Gasteiger partial charge is 0.756 e. The van der Waals surface area contributed by atoms with Crippen LogP contribution in [-0.4, -0.2) is 70.0 Å². The van der Waals surface area contributed by atoms with Crippen LogP contribution in [-0.2, 0) is 32.7 Å². The minimum Gasteiger partial charge on any atom is -0.756 e. The smallest absolute Gasteiger partial charge is 0.306 e. The molecule has 0 aliphatic rings. The van der Waals surface area contributed by atoms with E-state index in [1.54, 1.807) is 0 Å². The first-order chi connectivity index (χ1) is 40.5. The van der Waals surface area contributed by atoms with Crippen LogP contribution in [0.3, 0.4) is 0 Å². The summed E-state index contributed by atoms with van der Waals surface area (Å²) in [5.74, 6) is -0.830. The molecule has 0 spiro atoms. The van der Waals surface area contributed by atoms with Crippen molar-refractivity contribution < 1.29 is 42.1 Å². The van der Waals surface area contributed by atoms with E-state index in [1.165, 1.54) is 173 Å². The Bertz CT molecular complexity index is 1720. The molecule has 0 saturated carbocycles. The number of phosphoric ester groups is 1. The van der Waals surface area contributed by atoms with Crippen molar-refractivity contribution in [1.29, 1.82) is 0 Å². The minimum absolute atomic E-state index is 0.0338. The minimum atomic E-state index is -4.65. The Morgan fingerprint density at radius 2 is 0.687 bits per heavy atom. The van der Waals surface area contributed by atoms with Crippen LogP contribution in [0.1, 0.15) is 303 Å². The number of ether oxygens (including phenoxy) is 2. The maximum atomic E-state index is 12.9. The summed E-state index contributed by atoms with van der Waals surface area (Å²) in [6, 6.07) is 0. The van der Waals surface area contributed by atoms with Crippen LogP contribution >= 0.6 is 7.82 Å². The van der Waals surface area contributed by atoms with Crippen LogP contribution in [0.5, 0.6) is 0 Å². The van der Waals surface area contributed by atoms with Crippen LogP contribution in [0.25, 0.3) is 0 Å². The number of likely N-dealkylation sites (N-methyl/N-ethyl adjacent to an activating group) is 1. The van der Waals surface area contributed by atoms with Gasteiger partial charge in [-0.25, -0.2) is 0 Å². The van der Waals surface area contributed by atoms with E-state index in [-0.39, 0.29) is 32.0 Å². The molecule has 0 aliphatic carbocycles. The molecule has 0 amide bonds. The van der Waals surface area contributed by atoms with Gasteiger partial charge in [-0.1, -0.05) is 310 Å². The van der Waals surface area contributed by atoms with E-state index in [9.17, 15) is 19.0 Å². The number of nitrogens with zero attached hydrogens (tertiary/aromatic N) is 1. The zero-order valence-corrected chi connectivity index (χ0v) is 55.5. The number of unbranched alkanes of at least 4 members (excludes halogenated alkanes) is 33. The molecule has 0 aliphatic heterocycles. The molecule has 0 aromatic carbocycles. The Kier molecular flexibility index (Phi) is 61.1. The van der Waals surface area contributed by atoms with Gasteiger partial charge < -0.3 is 27.9 Å². The van der Waals surface area contributed by atoms with E-state index in [4.69, 9.17) is 18.5 Å². The van der Waals surface area contributed by atoms with E-state index >= 15 is 0 Å². The molecule has 0 N–H and O–H groups in total. The van der Waals surface area contributed by atoms with Gasteiger partial charge in [-0.3, -0.25) is 14.2 Å². The molecule has 480 valence electrons. The highest BCUT2D eigenvalue weighted by Crippen LogP contribution is 2.38. The Balaban J connectivity index is 4.09. The van der Waals surface area contributed by atoms with E-state index in [1.807, 2.05) is 21.1 Å². The van der Waals surface area contributed by atoms with Crippen LogP contribution in [0.4, 0.5) is 0 Å². The highest BCUT2D eigenvalue weighted by molar-refractivity contribution is 7.45. The number of hydrogen-bond donors (Lipinski definition) is 0. The predicted molar refractivity (Wildman–Crippen MR) is 355 cm³/mol. The molecule has 0 radical (unpaired) electrons. The third-order valence-electron chi connectivity index (χ3n) is 14.9. The average Bonchev–Trinajstić information content (AvgIpc) is 3.49. The topological polar surface area (TPSA) is 111 Å². The number of carbonyl (C=O) groups excluding carboxylic acids is 2. The van der Waals surface area contributed by atoms with Gasteiger partial charge in [0.25, 0.3) is 7.82 Å². The number of allylic oxidation sites excluding steroid dienone is 16. The molecular formula is C73H130NO8P. The molecule has 0 fully saturated rings. The zero-order valence-electron chi connectivity index (χ0n) is 54.6. The molecule has 9 nitrogen and oxygen atoms in total. The third kappa shape index (κ3) is 67.9. The monoisotopic (exact) mass is 1180 g/mol. The van der Waals surface area contributed by atoms with E-state index in [0.717, 1.165) is 96.3 Å². The Labute approximate surface area is 513 Å². The first kappa shape index (κ1) is 79.9. The first-order valence-corrected chi connectivity index (χ1v) is 35.9. The van der Waals surface area contributed by atoms with Gasteiger partial charge in [-0.15, -0.1) is 0 Å². The number of phosphoric acid groups is 1. The standard InChI is InChI=1S/C73H130NO8P/c1-6-8-10-12-14-16-18-20-22-24-26-28-30-32-33-34-35-36-37-38-39-40-41-42-44-46-48-50-52-54-56-58-60-62-64-66-73(76)82-71(70-81-83(77,78)80-68-67-74(3,4)5)69-79-72(75)65-63-61-59-57-55-53-51-49-47-45-43-31-29-27-25-23-21-19-17-15-13-11-9-7-2/h8,10,14,16,20,22,26,28,32-33,35-36,38-39,41-42,71H,6-7,9,11-13,15,17-19,21,23-25,27,29-31,34,37,40,43-70H2,1-5H3/b10-8-,16-14-,22-20-,28-26-,33-32-,36-35-,39-38-,42-41-. The fraction of sp³-hybridized carbons (Fsp3) is 0.753.